The molecule has 0 unspecified atom stereocenters. The zero-order chi connectivity index (χ0) is 14.9. The first-order valence-electron chi connectivity index (χ1n) is 5.58. The lowest BCUT2D eigenvalue weighted by Gasteiger charge is -2.09. The van der Waals surface area contributed by atoms with E-state index in [2.05, 4.69) is 30.6 Å². The first kappa shape index (κ1) is 14.8. The van der Waals surface area contributed by atoms with Gasteiger partial charge in [0, 0.05) is 15.7 Å². The van der Waals surface area contributed by atoms with E-state index >= 15 is 0 Å². The summed E-state index contributed by atoms with van der Waals surface area (Å²) in [6.07, 6.45) is 0. The van der Waals surface area contributed by atoms with Crippen molar-refractivity contribution in [2.75, 3.05) is 7.11 Å². The van der Waals surface area contributed by atoms with Crippen molar-refractivity contribution in [2.45, 2.75) is 6.92 Å². The molecule has 7 heteroatoms. The van der Waals surface area contributed by atoms with E-state index in [4.69, 9.17) is 12.2 Å². The highest BCUT2D eigenvalue weighted by Crippen LogP contribution is 2.27. The van der Waals surface area contributed by atoms with Gasteiger partial charge in [-0.25, -0.2) is 14.2 Å². The van der Waals surface area contributed by atoms with E-state index in [1.807, 2.05) is 0 Å². The molecule has 4 nitrogen and oxygen atoms in total. The van der Waals surface area contributed by atoms with Crippen LogP contribution in [-0.4, -0.2) is 23.0 Å². The van der Waals surface area contributed by atoms with Crippen molar-refractivity contribution in [3.05, 3.63) is 44.4 Å². The molecule has 0 aliphatic heterocycles. The molecule has 2 aromatic rings. The molecule has 0 spiro atoms. The first-order chi connectivity index (χ1) is 9.43. The SMILES string of the molecule is COC(=O)c1c(C)[nH]c(-c2cc(F)ccc2Br)nc1=S. The highest BCUT2D eigenvalue weighted by atomic mass is 79.9. The third kappa shape index (κ3) is 2.78. The number of methoxy groups -OCH3 is 1. The maximum absolute atomic E-state index is 13.3. The van der Waals surface area contributed by atoms with Gasteiger partial charge in [0.1, 0.15) is 21.8 Å². The van der Waals surface area contributed by atoms with Crippen molar-refractivity contribution >= 4 is 34.1 Å². The monoisotopic (exact) mass is 356 g/mol. The van der Waals surface area contributed by atoms with E-state index in [1.165, 1.54) is 19.2 Å². The fraction of sp³-hybridized carbons (Fsp3) is 0.154. The van der Waals surface area contributed by atoms with Crippen LogP contribution < -0.4 is 0 Å². The number of esters is 1. The van der Waals surface area contributed by atoms with Crippen LogP contribution in [0.25, 0.3) is 11.4 Å². The van der Waals surface area contributed by atoms with Gasteiger partial charge in [-0.1, -0.05) is 28.1 Å². The summed E-state index contributed by atoms with van der Waals surface area (Å²) in [6, 6.07) is 4.24. The Hall–Kier alpha value is -1.60. The van der Waals surface area contributed by atoms with Crippen LogP contribution in [0.15, 0.2) is 22.7 Å². The van der Waals surface area contributed by atoms with Gasteiger partial charge in [-0.3, -0.25) is 0 Å². The second-order valence-corrected chi connectivity index (χ2v) is 5.25. The number of hydrogen-bond acceptors (Lipinski definition) is 4. The fourth-order valence-corrected chi connectivity index (χ4v) is 2.50. The molecule has 0 aliphatic rings. The number of rotatable bonds is 2. The lowest BCUT2D eigenvalue weighted by Crippen LogP contribution is -2.09. The van der Waals surface area contributed by atoms with Gasteiger partial charge in [-0.05, 0) is 25.1 Å². The molecule has 0 aliphatic carbocycles. The number of aryl methyl sites for hydroxylation is 1. The molecule has 0 bridgehead atoms. The van der Waals surface area contributed by atoms with Crippen LogP contribution in [0.1, 0.15) is 16.1 Å². The fourth-order valence-electron chi connectivity index (χ4n) is 1.73. The Morgan fingerprint density at radius 2 is 2.20 bits per heavy atom. The van der Waals surface area contributed by atoms with E-state index in [0.29, 0.717) is 21.6 Å². The normalized spacial score (nSPS) is 10.4. The number of ether oxygens (including phenoxy) is 1. The highest BCUT2D eigenvalue weighted by molar-refractivity contribution is 9.10. The summed E-state index contributed by atoms with van der Waals surface area (Å²) in [7, 11) is 1.27. The van der Waals surface area contributed by atoms with Crippen LogP contribution in [0, 0.1) is 17.4 Å². The molecule has 2 rings (SSSR count). The van der Waals surface area contributed by atoms with Crippen LogP contribution in [-0.2, 0) is 4.74 Å². The highest BCUT2D eigenvalue weighted by Gasteiger charge is 2.16. The second kappa shape index (κ2) is 5.80. The Balaban J connectivity index is 2.64. The largest absolute Gasteiger partial charge is 0.465 e. The van der Waals surface area contributed by atoms with Gasteiger partial charge in [-0.15, -0.1) is 0 Å². The molecule has 20 heavy (non-hydrogen) atoms. The predicted octanol–water partition coefficient (Wildman–Crippen LogP) is 3.80. The van der Waals surface area contributed by atoms with Crippen LogP contribution >= 0.6 is 28.1 Å². The summed E-state index contributed by atoms with van der Waals surface area (Å²) in [5.41, 5.74) is 1.25. The average Bonchev–Trinajstić information content (AvgIpc) is 2.40. The number of carbonyl (C=O) groups excluding carboxylic acids is 1. The van der Waals surface area contributed by atoms with Crippen LogP contribution in [0.3, 0.4) is 0 Å². The zero-order valence-corrected chi connectivity index (χ0v) is 13.1. The molecular weight excluding hydrogens is 347 g/mol. The number of halogens is 2. The molecular formula is C13H10BrFN2O2S. The van der Waals surface area contributed by atoms with Crippen molar-refractivity contribution in [3.63, 3.8) is 0 Å². The van der Waals surface area contributed by atoms with E-state index in [9.17, 15) is 9.18 Å². The number of aromatic nitrogens is 2. The Kier molecular flexibility index (Phi) is 4.29. The van der Waals surface area contributed by atoms with Crippen LogP contribution in [0.4, 0.5) is 4.39 Å². The molecule has 0 atom stereocenters. The number of hydrogen-bond donors (Lipinski definition) is 1. The summed E-state index contributed by atoms with van der Waals surface area (Å²) in [6.45, 7) is 1.68. The topological polar surface area (TPSA) is 55.0 Å². The molecule has 1 heterocycles. The Morgan fingerprint density at radius 1 is 1.50 bits per heavy atom. The summed E-state index contributed by atoms with van der Waals surface area (Å²) < 4.78 is 18.8. The maximum Gasteiger partial charge on any atom is 0.342 e. The zero-order valence-electron chi connectivity index (χ0n) is 10.7. The number of nitrogens with zero attached hydrogens (tertiary/aromatic N) is 1. The molecule has 0 amide bonds. The third-order valence-corrected chi connectivity index (χ3v) is 3.67. The van der Waals surface area contributed by atoms with Crippen LogP contribution in [0.2, 0.25) is 0 Å². The van der Waals surface area contributed by atoms with E-state index < -0.39 is 5.97 Å². The van der Waals surface area contributed by atoms with Gasteiger partial charge < -0.3 is 9.72 Å². The minimum atomic E-state index is -0.555. The second-order valence-electron chi connectivity index (χ2n) is 4.01. The molecule has 0 saturated carbocycles. The van der Waals surface area contributed by atoms with Crippen molar-refractivity contribution in [2.24, 2.45) is 0 Å². The molecule has 0 fully saturated rings. The predicted molar refractivity (Wildman–Crippen MR) is 78.6 cm³/mol. The Morgan fingerprint density at radius 3 is 2.80 bits per heavy atom. The van der Waals surface area contributed by atoms with Crippen molar-refractivity contribution in [3.8, 4) is 11.4 Å². The lowest BCUT2D eigenvalue weighted by molar-refractivity contribution is 0.0598. The van der Waals surface area contributed by atoms with E-state index in [-0.39, 0.29) is 16.0 Å². The summed E-state index contributed by atoms with van der Waals surface area (Å²) >= 11 is 8.43. The molecule has 1 N–H and O–H groups in total. The number of benzene rings is 1. The Labute approximate surface area is 128 Å². The van der Waals surface area contributed by atoms with Crippen LogP contribution in [0.5, 0.6) is 0 Å². The van der Waals surface area contributed by atoms with Gasteiger partial charge in [0.25, 0.3) is 0 Å². The van der Waals surface area contributed by atoms with Crippen molar-refractivity contribution in [1.29, 1.82) is 0 Å². The van der Waals surface area contributed by atoms with Gasteiger partial charge in [0.2, 0.25) is 0 Å². The molecule has 0 saturated heterocycles. The number of carbonyl (C=O) groups is 1. The molecule has 1 aromatic carbocycles. The van der Waals surface area contributed by atoms with Gasteiger partial charge in [0.15, 0.2) is 0 Å². The quantitative estimate of drug-likeness (QED) is 0.656. The van der Waals surface area contributed by atoms with E-state index in [1.54, 1.807) is 13.0 Å². The summed E-state index contributed by atoms with van der Waals surface area (Å²) in [5.74, 6) is -0.563. The minimum Gasteiger partial charge on any atom is -0.465 e. The standard InChI is InChI=1S/C13H10BrFN2O2S/c1-6-10(13(18)19-2)12(20)17-11(16-6)8-5-7(15)3-4-9(8)14/h3-5H,1-2H3,(H,16,17,20). The molecule has 0 radical (unpaired) electrons. The summed E-state index contributed by atoms with van der Waals surface area (Å²) in [5, 5.41) is 0. The van der Waals surface area contributed by atoms with E-state index in [0.717, 1.165) is 0 Å². The number of nitrogens with one attached hydrogen (secondary N) is 1. The van der Waals surface area contributed by atoms with Gasteiger partial charge in [-0.2, -0.15) is 0 Å². The Bertz CT molecular complexity index is 746. The minimum absolute atomic E-state index is 0.110. The van der Waals surface area contributed by atoms with Gasteiger partial charge >= 0.3 is 5.97 Å². The van der Waals surface area contributed by atoms with Gasteiger partial charge in [0.05, 0.1) is 7.11 Å². The molecule has 104 valence electrons. The number of aromatic amines is 1. The maximum atomic E-state index is 13.3. The van der Waals surface area contributed by atoms with Crippen molar-refractivity contribution in [1.82, 2.24) is 9.97 Å². The average molecular weight is 357 g/mol. The first-order valence-corrected chi connectivity index (χ1v) is 6.79. The number of H-pyrrole nitrogens is 1. The third-order valence-electron chi connectivity index (χ3n) is 2.68. The summed E-state index contributed by atoms with van der Waals surface area (Å²) in [4.78, 5) is 18.7. The smallest absolute Gasteiger partial charge is 0.342 e. The molecule has 1 aromatic heterocycles. The lowest BCUT2D eigenvalue weighted by atomic mass is 10.2. The van der Waals surface area contributed by atoms with Crippen molar-refractivity contribution < 1.29 is 13.9 Å².